The van der Waals surface area contributed by atoms with Gasteiger partial charge in [-0.05, 0) is 29.3 Å². The first-order valence-corrected chi connectivity index (χ1v) is 6.73. The zero-order valence-corrected chi connectivity index (χ0v) is 12.0. The second-order valence-electron chi connectivity index (χ2n) is 4.72. The lowest BCUT2D eigenvalue weighted by molar-refractivity contribution is 0.282. The lowest BCUT2D eigenvalue weighted by Crippen LogP contribution is -2.13. The molecule has 0 saturated carbocycles. The van der Waals surface area contributed by atoms with Crippen molar-refractivity contribution in [3.63, 3.8) is 0 Å². The van der Waals surface area contributed by atoms with Gasteiger partial charge in [0, 0.05) is 18.7 Å². The van der Waals surface area contributed by atoms with E-state index in [0.29, 0.717) is 18.7 Å². The molecular weight excluding hydrogens is 264 g/mol. The summed E-state index contributed by atoms with van der Waals surface area (Å²) in [5.41, 5.74) is 3.63. The van der Waals surface area contributed by atoms with Crippen LogP contribution >= 0.6 is 0 Å². The molecule has 0 atom stereocenters. The van der Waals surface area contributed by atoms with Gasteiger partial charge in [-0.1, -0.05) is 24.3 Å². The van der Waals surface area contributed by atoms with Gasteiger partial charge in [-0.25, -0.2) is 0 Å². The molecule has 0 fully saturated rings. The SMILES string of the molecule is COc1ccc(C#N)cc1CNCc1ccc(CO)cc1. The van der Waals surface area contributed by atoms with E-state index in [2.05, 4.69) is 11.4 Å². The van der Waals surface area contributed by atoms with E-state index in [4.69, 9.17) is 15.1 Å². The van der Waals surface area contributed by atoms with Gasteiger partial charge in [0.15, 0.2) is 0 Å². The van der Waals surface area contributed by atoms with Crippen molar-refractivity contribution >= 4 is 0 Å². The molecule has 0 aromatic heterocycles. The largest absolute Gasteiger partial charge is 0.496 e. The molecular formula is C17H18N2O2. The maximum absolute atomic E-state index is 9.00. The summed E-state index contributed by atoms with van der Waals surface area (Å²) < 4.78 is 5.30. The van der Waals surface area contributed by atoms with Crippen LogP contribution in [-0.4, -0.2) is 12.2 Å². The van der Waals surface area contributed by atoms with Gasteiger partial charge in [0.05, 0.1) is 25.3 Å². The van der Waals surface area contributed by atoms with Gasteiger partial charge in [-0.3, -0.25) is 0 Å². The van der Waals surface area contributed by atoms with E-state index in [-0.39, 0.29) is 6.61 Å². The Balaban J connectivity index is 1.97. The predicted octanol–water partition coefficient (Wildman–Crippen LogP) is 2.35. The fourth-order valence-electron chi connectivity index (χ4n) is 2.09. The van der Waals surface area contributed by atoms with Crippen LogP contribution in [0.4, 0.5) is 0 Å². The molecule has 4 nitrogen and oxygen atoms in total. The highest BCUT2D eigenvalue weighted by Gasteiger charge is 2.04. The number of nitriles is 1. The monoisotopic (exact) mass is 282 g/mol. The molecule has 0 radical (unpaired) electrons. The van der Waals surface area contributed by atoms with E-state index in [9.17, 15) is 0 Å². The summed E-state index contributed by atoms with van der Waals surface area (Å²) in [5.74, 6) is 0.775. The normalized spacial score (nSPS) is 10.1. The number of aliphatic hydroxyl groups excluding tert-OH is 1. The Labute approximate surface area is 124 Å². The topological polar surface area (TPSA) is 65.3 Å². The third-order valence-electron chi connectivity index (χ3n) is 3.26. The van der Waals surface area contributed by atoms with E-state index in [1.165, 1.54) is 0 Å². The Morgan fingerprint density at radius 2 is 1.81 bits per heavy atom. The van der Waals surface area contributed by atoms with Crippen molar-refractivity contribution in [1.82, 2.24) is 5.32 Å². The van der Waals surface area contributed by atoms with Gasteiger partial charge in [-0.2, -0.15) is 5.26 Å². The highest BCUT2D eigenvalue weighted by molar-refractivity contribution is 5.42. The molecule has 0 amide bonds. The molecule has 0 saturated heterocycles. The number of benzene rings is 2. The fourth-order valence-corrected chi connectivity index (χ4v) is 2.09. The Morgan fingerprint density at radius 1 is 1.10 bits per heavy atom. The van der Waals surface area contributed by atoms with Gasteiger partial charge >= 0.3 is 0 Å². The van der Waals surface area contributed by atoms with Crippen molar-refractivity contribution in [2.24, 2.45) is 0 Å². The van der Waals surface area contributed by atoms with Gasteiger partial charge in [0.1, 0.15) is 5.75 Å². The summed E-state index contributed by atoms with van der Waals surface area (Å²) in [6, 6.07) is 15.3. The number of hydrogen-bond donors (Lipinski definition) is 2. The zero-order chi connectivity index (χ0) is 15.1. The van der Waals surface area contributed by atoms with E-state index in [1.54, 1.807) is 13.2 Å². The van der Waals surface area contributed by atoms with Gasteiger partial charge < -0.3 is 15.2 Å². The average Bonchev–Trinajstić information content (AvgIpc) is 2.55. The summed E-state index contributed by atoms with van der Waals surface area (Å²) in [5, 5.41) is 21.3. The molecule has 0 aliphatic rings. The molecule has 0 aliphatic heterocycles. The molecule has 2 N–H and O–H groups in total. The van der Waals surface area contributed by atoms with Crippen molar-refractivity contribution in [1.29, 1.82) is 5.26 Å². The number of nitrogens with one attached hydrogen (secondary N) is 1. The minimum Gasteiger partial charge on any atom is -0.496 e. The van der Waals surface area contributed by atoms with Gasteiger partial charge in [-0.15, -0.1) is 0 Å². The van der Waals surface area contributed by atoms with E-state index >= 15 is 0 Å². The van der Waals surface area contributed by atoms with E-state index < -0.39 is 0 Å². The number of nitrogens with zero attached hydrogens (tertiary/aromatic N) is 1. The highest BCUT2D eigenvalue weighted by atomic mass is 16.5. The molecule has 0 heterocycles. The standard InChI is InChI=1S/C17H18N2O2/c1-21-17-7-6-15(9-18)8-16(17)11-19-10-13-2-4-14(12-20)5-3-13/h2-8,19-20H,10-12H2,1H3. The number of rotatable bonds is 6. The van der Waals surface area contributed by atoms with Crippen LogP contribution in [0.3, 0.4) is 0 Å². The second-order valence-corrected chi connectivity index (χ2v) is 4.72. The highest BCUT2D eigenvalue weighted by Crippen LogP contribution is 2.19. The molecule has 2 rings (SSSR count). The van der Waals surface area contributed by atoms with Crippen molar-refractivity contribution < 1.29 is 9.84 Å². The molecule has 0 bridgehead atoms. The van der Waals surface area contributed by atoms with Crippen LogP contribution in [0.5, 0.6) is 5.75 Å². The molecule has 108 valence electrons. The number of hydrogen-bond acceptors (Lipinski definition) is 4. The summed E-state index contributed by atoms with van der Waals surface area (Å²) in [6.07, 6.45) is 0. The third-order valence-corrected chi connectivity index (χ3v) is 3.26. The van der Waals surface area contributed by atoms with Crippen LogP contribution in [0.15, 0.2) is 42.5 Å². The van der Waals surface area contributed by atoms with Crippen molar-refractivity contribution in [3.05, 3.63) is 64.7 Å². The minimum absolute atomic E-state index is 0.0614. The molecule has 21 heavy (non-hydrogen) atoms. The summed E-state index contributed by atoms with van der Waals surface area (Å²) in [6.45, 7) is 1.40. The van der Waals surface area contributed by atoms with Gasteiger partial charge in [0.2, 0.25) is 0 Å². The fraction of sp³-hybridized carbons (Fsp3) is 0.235. The van der Waals surface area contributed by atoms with E-state index in [1.807, 2.05) is 36.4 Å². The van der Waals surface area contributed by atoms with E-state index in [0.717, 1.165) is 22.4 Å². The maximum Gasteiger partial charge on any atom is 0.123 e. The van der Waals surface area contributed by atoms with Crippen molar-refractivity contribution in [2.45, 2.75) is 19.7 Å². The number of ether oxygens (including phenoxy) is 1. The van der Waals surface area contributed by atoms with Crippen molar-refractivity contribution in [2.75, 3.05) is 7.11 Å². The van der Waals surface area contributed by atoms with Crippen molar-refractivity contribution in [3.8, 4) is 11.8 Å². The van der Waals surface area contributed by atoms with Crippen LogP contribution in [-0.2, 0) is 19.7 Å². The van der Waals surface area contributed by atoms with Crippen LogP contribution in [0, 0.1) is 11.3 Å². The molecule has 4 heteroatoms. The molecule has 0 unspecified atom stereocenters. The molecule has 2 aromatic carbocycles. The quantitative estimate of drug-likeness (QED) is 0.853. The molecule has 0 aliphatic carbocycles. The Kier molecular flexibility index (Phi) is 5.33. The van der Waals surface area contributed by atoms with Crippen LogP contribution < -0.4 is 10.1 Å². The zero-order valence-electron chi connectivity index (χ0n) is 12.0. The molecule has 0 spiro atoms. The second kappa shape index (κ2) is 7.44. The number of aliphatic hydroxyl groups is 1. The Hall–Kier alpha value is -2.35. The lowest BCUT2D eigenvalue weighted by Gasteiger charge is -2.10. The smallest absolute Gasteiger partial charge is 0.123 e. The van der Waals surface area contributed by atoms with Crippen LogP contribution in [0.2, 0.25) is 0 Å². The summed E-state index contributed by atoms with van der Waals surface area (Å²) in [4.78, 5) is 0. The first-order chi connectivity index (χ1) is 10.3. The van der Waals surface area contributed by atoms with Gasteiger partial charge in [0.25, 0.3) is 0 Å². The summed E-state index contributed by atoms with van der Waals surface area (Å²) in [7, 11) is 1.62. The predicted molar refractivity (Wildman–Crippen MR) is 80.6 cm³/mol. The first-order valence-electron chi connectivity index (χ1n) is 6.73. The average molecular weight is 282 g/mol. The Bertz CT molecular complexity index is 630. The molecule has 2 aromatic rings. The van der Waals surface area contributed by atoms with Crippen LogP contribution in [0.1, 0.15) is 22.3 Å². The van der Waals surface area contributed by atoms with Crippen LogP contribution in [0.25, 0.3) is 0 Å². The first kappa shape index (κ1) is 15.0. The lowest BCUT2D eigenvalue weighted by atomic mass is 10.1. The Morgan fingerprint density at radius 3 is 2.43 bits per heavy atom. The minimum atomic E-state index is 0.0614. The summed E-state index contributed by atoms with van der Waals surface area (Å²) >= 11 is 0. The third kappa shape index (κ3) is 4.06. The number of methoxy groups -OCH3 is 1. The maximum atomic E-state index is 9.00.